The average molecular weight is 342 g/mol. The van der Waals surface area contributed by atoms with Gasteiger partial charge in [-0.2, -0.15) is 0 Å². The van der Waals surface area contributed by atoms with Gasteiger partial charge >= 0.3 is 0 Å². The van der Waals surface area contributed by atoms with Gasteiger partial charge in [0.1, 0.15) is 11.5 Å². The van der Waals surface area contributed by atoms with Crippen molar-refractivity contribution in [1.82, 2.24) is 4.90 Å². The summed E-state index contributed by atoms with van der Waals surface area (Å²) in [4.78, 5) is 4.31. The van der Waals surface area contributed by atoms with Crippen LogP contribution in [0.4, 0.5) is 5.69 Å². The van der Waals surface area contributed by atoms with Crippen LogP contribution in [0.5, 0.6) is 5.75 Å². The van der Waals surface area contributed by atoms with E-state index in [9.17, 15) is 0 Å². The lowest BCUT2D eigenvalue weighted by molar-refractivity contribution is 0.207. The predicted molar refractivity (Wildman–Crippen MR) is 103 cm³/mol. The Morgan fingerprint density at radius 3 is 2.36 bits per heavy atom. The standard InChI is InChI=1S/C21H30N2O2/c1-22(2)16-9-14-7-8-15-10-17(23(3)4)12-21(25-6)19(15)13-18(14)20(11-16)24-5/h9-12,14,18H,7-8,13H2,1-6H3. The molecule has 3 rings (SSSR count). The van der Waals surface area contributed by atoms with Crippen molar-refractivity contribution in [2.45, 2.75) is 19.3 Å². The van der Waals surface area contributed by atoms with Crippen molar-refractivity contribution in [3.63, 3.8) is 0 Å². The van der Waals surface area contributed by atoms with Crippen LogP contribution in [0.25, 0.3) is 0 Å². The molecule has 0 amide bonds. The number of allylic oxidation sites excluding steroid dienone is 3. The van der Waals surface area contributed by atoms with Crippen LogP contribution in [0, 0.1) is 11.8 Å². The highest BCUT2D eigenvalue weighted by atomic mass is 16.5. The maximum atomic E-state index is 5.79. The molecule has 0 aliphatic heterocycles. The van der Waals surface area contributed by atoms with Crippen molar-refractivity contribution in [2.24, 2.45) is 11.8 Å². The first-order chi connectivity index (χ1) is 11.9. The molecule has 136 valence electrons. The average Bonchev–Trinajstić information content (AvgIpc) is 2.79. The van der Waals surface area contributed by atoms with Crippen molar-refractivity contribution < 1.29 is 9.47 Å². The second kappa shape index (κ2) is 7.03. The molecule has 2 aliphatic carbocycles. The molecule has 0 saturated heterocycles. The van der Waals surface area contributed by atoms with Gasteiger partial charge in [-0.1, -0.05) is 6.08 Å². The van der Waals surface area contributed by atoms with Gasteiger partial charge in [-0.3, -0.25) is 0 Å². The maximum Gasteiger partial charge on any atom is 0.124 e. The highest BCUT2D eigenvalue weighted by Crippen LogP contribution is 2.42. The second-order valence-corrected chi connectivity index (χ2v) is 7.43. The highest BCUT2D eigenvalue weighted by molar-refractivity contribution is 5.57. The Morgan fingerprint density at radius 2 is 1.76 bits per heavy atom. The molecule has 0 bridgehead atoms. The van der Waals surface area contributed by atoms with E-state index >= 15 is 0 Å². The Bertz CT molecular complexity index is 704. The summed E-state index contributed by atoms with van der Waals surface area (Å²) >= 11 is 0. The number of hydrogen-bond donors (Lipinski definition) is 0. The molecule has 0 saturated carbocycles. The molecule has 0 N–H and O–H groups in total. The van der Waals surface area contributed by atoms with E-state index in [1.165, 1.54) is 22.5 Å². The van der Waals surface area contributed by atoms with Gasteiger partial charge < -0.3 is 19.3 Å². The molecule has 1 aromatic carbocycles. The van der Waals surface area contributed by atoms with E-state index in [0.717, 1.165) is 30.8 Å². The molecule has 0 aromatic heterocycles. The van der Waals surface area contributed by atoms with Crippen molar-refractivity contribution in [2.75, 3.05) is 47.3 Å². The van der Waals surface area contributed by atoms with Crippen molar-refractivity contribution in [3.05, 3.63) is 46.9 Å². The lowest BCUT2D eigenvalue weighted by Crippen LogP contribution is -2.25. The van der Waals surface area contributed by atoms with Gasteiger partial charge in [0.2, 0.25) is 0 Å². The molecule has 4 heteroatoms. The summed E-state index contributed by atoms with van der Waals surface area (Å²) < 4.78 is 11.5. The van der Waals surface area contributed by atoms with Gasteiger partial charge in [0.05, 0.1) is 14.2 Å². The summed E-state index contributed by atoms with van der Waals surface area (Å²) in [6.07, 6.45) is 7.78. The van der Waals surface area contributed by atoms with Crippen LogP contribution < -0.4 is 9.64 Å². The number of benzene rings is 1. The van der Waals surface area contributed by atoms with E-state index in [1.54, 1.807) is 14.2 Å². The SMILES string of the molecule is COC1=CC(N(C)C)=CC2CCc3cc(N(C)C)cc(OC)c3CC12. The fraction of sp³-hybridized carbons (Fsp3) is 0.524. The quantitative estimate of drug-likeness (QED) is 0.836. The number of likely N-dealkylation sites (N-methyl/N-ethyl adjacent to an activating group) is 1. The van der Waals surface area contributed by atoms with Crippen molar-refractivity contribution >= 4 is 5.69 Å². The molecular formula is C21H30N2O2. The third kappa shape index (κ3) is 3.35. The first kappa shape index (κ1) is 17.7. The zero-order valence-corrected chi connectivity index (χ0v) is 16.3. The molecular weight excluding hydrogens is 312 g/mol. The molecule has 0 fully saturated rings. The van der Waals surface area contributed by atoms with Gasteiger partial charge in [0.25, 0.3) is 0 Å². The fourth-order valence-corrected chi connectivity index (χ4v) is 4.00. The van der Waals surface area contributed by atoms with E-state index in [-0.39, 0.29) is 0 Å². The summed E-state index contributed by atoms with van der Waals surface area (Å²) in [5, 5.41) is 0. The Labute approximate surface area is 151 Å². The molecule has 2 unspecified atom stereocenters. The van der Waals surface area contributed by atoms with Crippen LogP contribution in [0.1, 0.15) is 17.5 Å². The van der Waals surface area contributed by atoms with Gasteiger partial charge in [-0.25, -0.2) is 0 Å². The van der Waals surface area contributed by atoms with E-state index in [1.807, 2.05) is 0 Å². The van der Waals surface area contributed by atoms with Gasteiger partial charge in [-0.15, -0.1) is 0 Å². The van der Waals surface area contributed by atoms with Crippen LogP contribution in [0.2, 0.25) is 0 Å². The summed E-state index contributed by atoms with van der Waals surface area (Å²) in [5.41, 5.74) is 5.19. The fourth-order valence-electron chi connectivity index (χ4n) is 4.00. The molecule has 25 heavy (non-hydrogen) atoms. The molecule has 0 radical (unpaired) electrons. The topological polar surface area (TPSA) is 24.9 Å². The molecule has 1 aromatic rings. The third-order valence-corrected chi connectivity index (χ3v) is 5.50. The Balaban J connectivity index is 2.02. The molecule has 2 aliphatic rings. The van der Waals surface area contributed by atoms with E-state index in [2.05, 4.69) is 62.3 Å². The number of anilines is 1. The number of rotatable bonds is 4. The number of methoxy groups -OCH3 is 2. The van der Waals surface area contributed by atoms with Gasteiger partial charge in [0.15, 0.2) is 0 Å². The number of ether oxygens (including phenoxy) is 2. The van der Waals surface area contributed by atoms with E-state index in [0.29, 0.717) is 11.8 Å². The van der Waals surface area contributed by atoms with Crippen molar-refractivity contribution in [1.29, 1.82) is 0 Å². The number of nitrogens with zero attached hydrogens (tertiary/aromatic N) is 2. The Hall–Kier alpha value is -2.10. The van der Waals surface area contributed by atoms with Crippen LogP contribution in [0.3, 0.4) is 0 Å². The minimum atomic E-state index is 0.383. The normalized spacial score (nSPS) is 22.0. The minimum absolute atomic E-state index is 0.383. The third-order valence-electron chi connectivity index (χ3n) is 5.50. The summed E-state index contributed by atoms with van der Waals surface area (Å²) in [6.45, 7) is 0. The monoisotopic (exact) mass is 342 g/mol. The molecule has 0 heterocycles. The predicted octanol–water partition coefficient (Wildman–Crippen LogP) is 3.47. The number of fused-ring (bicyclic) bond motifs is 2. The zero-order chi connectivity index (χ0) is 18.1. The Kier molecular flexibility index (Phi) is 4.98. The largest absolute Gasteiger partial charge is 0.501 e. The number of aryl methyl sites for hydroxylation is 1. The lowest BCUT2D eigenvalue weighted by atomic mass is 9.81. The molecule has 2 atom stereocenters. The lowest BCUT2D eigenvalue weighted by Gasteiger charge is -2.31. The van der Waals surface area contributed by atoms with Crippen LogP contribution >= 0.6 is 0 Å². The molecule has 4 nitrogen and oxygen atoms in total. The van der Waals surface area contributed by atoms with Gasteiger partial charge in [-0.05, 0) is 48.4 Å². The van der Waals surface area contributed by atoms with Crippen LogP contribution in [-0.4, -0.2) is 47.3 Å². The summed E-state index contributed by atoms with van der Waals surface area (Å²) in [6, 6.07) is 4.47. The molecule has 0 spiro atoms. The first-order valence-electron chi connectivity index (χ1n) is 8.96. The number of hydrogen-bond acceptors (Lipinski definition) is 4. The summed E-state index contributed by atoms with van der Waals surface area (Å²) in [7, 11) is 11.9. The smallest absolute Gasteiger partial charge is 0.124 e. The van der Waals surface area contributed by atoms with Crippen LogP contribution in [-0.2, 0) is 17.6 Å². The Morgan fingerprint density at radius 1 is 1.00 bits per heavy atom. The van der Waals surface area contributed by atoms with Crippen LogP contribution in [0.15, 0.2) is 35.7 Å². The summed E-state index contributed by atoms with van der Waals surface area (Å²) in [5.74, 6) is 2.97. The van der Waals surface area contributed by atoms with E-state index in [4.69, 9.17) is 9.47 Å². The highest BCUT2D eigenvalue weighted by Gasteiger charge is 2.33. The minimum Gasteiger partial charge on any atom is -0.501 e. The van der Waals surface area contributed by atoms with E-state index < -0.39 is 0 Å². The van der Waals surface area contributed by atoms with Crippen molar-refractivity contribution in [3.8, 4) is 5.75 Å². The second-order valence-electron chi connectivity index (χ2n) is 7.43. The zero-order valence-electron chi connectivity index (χ0n) is 16.3. The van der Waals surface area contributed by atoms with Gasteiger partial charge in [0, 0.05) is 51.6 Å². The first-order valence-corrected chi connectivity index (χ1v) is 8.96. The maximum absolute atomic E-state index is 5.79.